The molecule has 0 unspecified atom stereocenters. The number of hydrogen-bond donors (Lipinski definition) is 0. The summed E-state index contributed by atoms with van der Waals surface area (Å²) in [5.74, 6) is 1.21. The van der Waals surface area contributed by atoms with Crippen LogP contribution in [-0.2, 0) is 16.1 Å². The molecule has 0 N–H and O–H groups in total. The Balaban J connectivity index is 1.33. The maximum Gasteiger partial charge on any atom is 0.258 e. The Morgan fingerprint density at radius 3 is 2.64 bits per heavy atom. The van der Waals surface area contributed by atoms with Crippen molar-refractivity contribution < 1.29 is 14.1 Å². The molecule has 2 aromatic rings. The van der Waals surface area contributed by atoms with E-state index in [-0.39, 0.29) is 17.9 Å². The lowest BCUT2D eigenvalue weighted by molar-refractivity contribution is -0.152. The van der Waals surface area contributed by atoms with Crippen molar-refractivity contribution in [3.05, 3.63) is 22.7 Å². The second-order valence-corrected chi connectivity index (χ2v) is 7.33. The van der Waals surface area contributed by atoms with Gasteiger partial charge in [-0.15, -0.1) is 0 Å². The van der Waals surface area contributed by atoms with Crippen LogP contribution in [0.2, 0.25) is 0 Å². The summed E-state index contributed by atoms with van der Waals surface area (Å²) in [5.41, 5.74) is 0.949. The number of carbonyl (C=O) groups is 2. The summed E-state index contributed by atoms with van der Waals surface area (Å²) in [5, 5.41) is 8.02. The van der Waals surface area contributed by atoms with Crippen molar-refractivity contribution in [1.29, 1.82) is 0 Å². The van der Waals surface area contributed by atoms with E-state index in [4.69, 9.17) is 4.52 Å². The number of hydrogen-bond acceptors (Lipinski definition) is 7. The minimum Gasteiger partial charge on any atom is -0.334 e. The fraction of sp³-hybridized carbons (Fsp3) is 0.529. The third-order valence-corrected chi connectivity index (χ3v) is 5.53. The van der Waals surface area contributed by atoms with Gasteiger partial charge < -0.3 is 4.52 Å². The molecular formula is C17H20N4O3S. The van der Waals surface area contributed by atoms with Gasteiger partial charge in [-0.3, -0.25) is 19.4 Å². The monoisotopic (exact) mass is 360 g/mol. The molecule has 2 aliphatic rings. The smallest absolute Gasteiger partial charge is 0.258 e. The highest BCUT2D eigenvalue weighted by Crippen LogP contribution is 2.24. The van der Waals surface area contributed by atoms with Gasteiger partial charge >= 0.3 is 0 Å². The van der Waals surface area contributed by atoms with Crippen LogP contribution in [-0.4, -0.2) is 50.9 Å². The van der Waals surface area contributed by atoms with Crippen LogP contribution in [0.25, 0.3) is 11.5 Å². The number of amides is 2. The number of imide groups is 1. The summed E-state index contributed by atoms with van der Waals surface area (Å²) in [7, 11) is 0. The van der Waals surface area contributed by atoms with E-state index < -0.39 is 0 Å². The molecule has 8 heteroatoms. The Morgan fingerprint density at radius 2 is 1.96 bits per heavy atom. The van der Waals surface area contributed by atoms with E-state index in [2.05, 4.69) is 15.0 Å². The number of thiophene rings is 1. The summed E-state index contributed by atoms with van der Waals surface area (Å²) in [6.07, 6.45) is 3.32. The van der Waals surface area contributed by atoms with Gasteiger partial charge in [0.1, 0.15) is 0 Å². The van der Waals surface area contributed by atoms with Gasteiger partial charge in [-0.05, 0) is 30.7 Å². The summed E-state index contributed by atoms with van der Waals surface area (Å²) >= 11 is 1.60. The molecular weight excluding hydrogens is 340 g/mol. The van der Waals surface area contributed by atoms with Crippen LogP contribution in [0, 0.1) is 0 Å². The molecule has 0 aliphatic carbocycles. The molecule has 0 saturated carbocycles. The first-order chi connectivity index (χ1) is 12.2. The van der Waals surface area contributed by atoms with E-state index in [0.29, 0.717) is 37.5 Å². The summed E-state index contributed by atoms with van der Waals surface area (Å²) in [6.45, 7) is 2.27. The van der Waals surface area contributed by atoms with Gasteiger partial charge in [-0.25, -0.2) is 0 Å². The fourth-order valence-electron chi connectivity index (χ4n) is 3.54. The van der Waals surface area contributed by atoms with E-state index in [1.807, 2.05) is 16.8 Å². The zero-order valence-electron chi connectivity index (χ0n) is 13.9. The Bertz CT molecular complexity index is 734. The molecule has 132 valence electrons. The first-order valence-electron chi connectivity index (χ1n) is 8.63. The largest absolute Gasteiger partial charge is 0.334 e. The van der Waals surface area contributed by atoms with Crippen LogP contribution in [0.4, 0.5) is 0 Å². The van der Waals surface area contributed by atoms with Crippen LogP contribution < -0.4 is 0 Å². The zero-order valence-corrected chi connectivity index (χ0v) is 14.7. The normalized spacial score (nSPS) is 20.4. The lowest BCUT2D eigenvalue weighted by Crippen LogP contribution is -2.51. The first kappa shape index (κ1) is 16.4. The molecule has 4 rings (SSSR count). The quantitative estimate of drug-likeness (QED) is 0.779. The molecule has 2 amide bonds. The molecule has 0 atom stereocenters. The van der Waals surface area contributed by atoms with Gasteiger partial charge in [0.2, 0.25) is 11.8 Å². The van der Waals surface area contributed by atoms with Gasteiger partial charge in [0.15, 0.2) is 5.82 Å². The van der Waals surface area contributed by atoms with Crippen molar-refractivity contribution in [2.24, 2.45) is 0 Å². The average molecular weight is 360 g/mol. The number of piperidine rings is 2. The minimum absolute atomic E-state index is 0.00623. The van der Waals surface area contributed by atoms with Gasteiger partial charge in [-0.1, -0.05) is 5.16 Å². The van der Waals surface area contributed by atoms with Crippen molar-refractivity contribution in [2.75, 3.05) is 13.1 Å². The number of rotatable bonds is 4. The van der Waals surface area contributed by atoms with E-state index >= 15 is 0 Å². The van der Waals surface area contributed by atoms with E-state index in [1.165, 1.54) is 4.90 Å². The molecule has 2 fully saturated rings. The van der Waals surface area contributed by atoms with Crippen LogP contribution in [0.1, 0.15) is 37.9 Å². The molecule has 2 aromatic heterocycles. The summed E-state index contributed by atoms with van der Waals surface area (Å²) in [6, 6.07) is 2.00. The van der Waals surface area contributed by atoms with Crippen molar-refractivity contribution in [1.82, 2.24) is 19.9 Å². The van der Waals surface area contributed by atoms with Crippen molar-refractivity contribution in [2.45, 2.75) is 44.7 Å². The number of aromatic nitrogens is 2. The predicted molar refractivity (Wildman–Crippen MR) is 91.6 cm³/mol. The Hall–Kier alpha value is -2.06. The zero-order chi connectivity index (χ0) is 17.2. The van der Waals surface area contributed by atoms with Gasteiger partial charge in [0.05, 0.1) is 12.1 Å². The standard InChI is InChI=1S/C17H20N4O3S/c22-15-2-1-3-16(23)21(15)13-4-7-20(8-5-13)10-14-18-17(24-19-14)12-6-9-25-11-12/h6,9,11,13H,1-5,7-8,10H2. The van der Waals surface area contributed by atoms with Crippen molar-refractivity contribution in [3.63, 3.8) is 0 Å². The van der Waals surface area contributed by atoms with Crippen LogP contribution >= 0.6 is 11.3 Å². The molecule has 4 heterocycles. The number of carbonyl (C=O) groups excluding carboxylic acids is 2. The number of nitrogens with zero attached hydrogens (tertiary/aromatic N) is 4. The SMILES string of the molecule is O=C1CCCC(=O)N1C1CCN(Cc2noc(-c3ccsc3)n2)CC1. The lowest BCUT2D eigenvalue weighted by Gasteiger charge is -2.38. The second kappa shape index (κ2) is 7.05. The lowest BCUT2D eigenvalue weighted by atomic mass is 9.99. The first-order valence-corrected chi connectivity index (χ1v) is 9.57. The van der Waals surface area contributed by atoms with E-state index in [1.54, 1.807) is 11.3 Å². The highest BCUT2D eigenvalue weighted by atomic mass is 32.1. The molecule has 0 aromatic carbocycles. The Kier molecular flexibility index (Phi) is 4.63. The maximum absolute atomic E-state index is 12.1. The second-order valence-electron chi connectivity index (χ2n) is 6.55. The Morgan fingerprint density at radius 1 is 1.20 bits per heavy atom. The van der Waals surface area contributed by atoms with Gasteiger partial charge in [0, 0.05) is 37.4 Å². The molecule has 2 saturated heterocycles. The van der Waals surface area contributed by atoms with Crippen molar-refractivity contribution >= 4 is 23.2 Å². The fourth-order valence-corrected chi connectivity index (χ4v) is 4.17. The summed E-state index contributed by atoms with van der Waals surface area (Å²) < 4.78 is 5.32. The highest BCUT2D eigenvalue weighted by molar-refractivity contribution is 7.08. The van der Waals surface area contributed by atoms with E-state index in [0.717, 1.165) is 31.5 Å². The molecule has 0 spiro atoms. The summed E-state index contributed by atoms with van der Waals surface area (Å²) in [4.78, 5) is 32.3. The molecule has 2 aliphatic heterocycles. The third-order valence-electron chi connectivity index (χ3n) is 4.84. The maximum atomic E-state index is 12.1. The van der Waals surface area contributed by atoms with Crippen LogP contribution in [0.15, 0.2) is 21.3 Å². The number of likely N-dealkylation sites (tertiary alicyclic amines) is 2. The van der Waals surface area contributed by atoms with Crippen LogP contribution in [0.5, 0.6) is 0 Å². The Labute approximate surface area is 149 Å². The molecule has 7 nitrogen and oxygen atoms in total. The molecule has 0 bridgehead atoms. The highest BCUT2D eigenvalue weighted by Gasteiger charge is 2.34. The van der Waals surface area contributed by atoms with Crippen molar-refractivity contribution in [3.8, 4) is 11.5 Å². The average Bonchev–Trinajstić information content (AvgIpc) is 3.27. The topological polar surface area (TPSA) is 79.5 Å². The third kappa shape index (κ3) is 3.50. The molecule has 0 radical (unpaired) electrons. The predicted octanol–water partition coefficient (Wildman–Crippen LogP) is 2.30. The van der Waals surface area contributed by atoms with Gasteiger partial charge in [0.25, 0.3) is 5.89 Å². The van der Waals surface area contributed by atoms with E-state index in [9.17, 15) is 9.59 Å². The molecule has 25 heavy (non-hydrogen) atoms. The minimum atomic E-state index is -0.00623. The van der Waals surface area contributed by atoms with Gasteiger partial charge in [-0.2, -0.15) is 16.3 Å². The van der Waals surface area contributed by atoms with Crippen LogP contribution in [0.3, 0.4) is 0 Å².